The zero-order valence-corrected chi connectivity index (χ0v) is 13.5. The SMILES string of the molecule is N=C(CCCCCCC(=N)C(=O)O)C(=O)O.NC(CO)(CO)CO. The van der Waals surface area contributed by atoms with Gasteiger partial charge in [-0.15, -0.1) is 0 Å². The second kappa shape index (κ2) is 13.5. The molecule has 0 atom stereocenters. The van der Waals surface area contributed by atoms with E-state index in [9.17, 15) is 9.59 Å². The number of aliphatic hydroxyl groups is 3. The van der Waals surface area contributed by atoms with E-state index in [-0.39, 0.29) is 24.3 Å². The highest BCUT2D eigenvalue weighted by atomic mass is 16.4. The second-order valence-corrected chi connectivity index (χ2v) is 5.32. The molecule has 0 unspecified atom stereocenters. The van der Waals surface area contributed by atoms with Gasteiger partial charge in [-0.3, -0.25) is 10.8 Å². The molecular formula is C14H27N3O7. The van der Waals surface area contributed by atoms with Crippen molar-refractivity contribution in [2.75, 3.05) is 19.8 Å². The summed E-state index contributed by atoms with van der Waals surface area (Å²) < 4.78 is 0. The Balaban J connectivity index is 0. The van der Waals surface area contributed by atoms with Gasteiger partial charge in [0.15, 0.2) is 0 Å². The van der Waals surface area contributed by atoms with E-state index in [1.165, 1.54) is 0 Å². The first kappa shape index (κ1) is 24.4. The molecule has 140 valence electrons. The highest BCUT2D eigenvalue weighted by molar-refractivity contribution is 6.34. The molecule has 0 bridgehead atoms. The topological polar surface area (TPSA) is 209 Å². The fourth-order valence-corrected chi connectivity index (χ4v) is 1.32. The summed E-state index contributed by atoms with van der Waals surface area (Å²) >= 11 is 0. The highest BCUT2D eigenvalue weighted by Crippen LogP contribution is 2.06. The summed E-state index contributed by atoms with van der Waals surface area (Å²) in [6.45, 7) is -1.21. The lowest BCUT2D eigenvalue weighted by molar-refractivity contribution is -0.130. The molecule has 0 aromatic rings. The molecule has 0 aromatic heterocycles. The van der Waals surface area contributed by atoms with Gasteiger partial charge in [-0.05, 0) is 25.7 Å². The molecule has 9 N–H and O–H groups in total. The van der Waals surface area contributed by atoms with Crippen molar-refractivity contribution in [3.63, 3.8) is 0 Å². The third kappa shape index (κ3) is 12.6. The van der Waals surface area contributed by atoms with E-state index in [1.54, 1.807) is 0 Å². The lowest BCUT2D eigenvalue weighted by Gasteiger charge is -2.20. The summed E-state index contributed by atoms with van der Waals surface area (Å²) in [4.78, 5) is 20.5. The molecule has 10 nitrogen and oxygen atoms in total. The van der Waals surface area contributed by atoms with Crippen LogP contribution in [0.1, 0.15) is 38.5 Å². The fraction of sp³-hybridized carbons (Fsp3) is 0.714. The van der Waals surface area contributed by atoms with Gasteiger partial charge in [-0.25, -0.2) is 9.59 Å². The zero-order chi connectivity index (χ0) is 19.2. The molecule has 0 heterocycles. The molecule has 10 heteroatoms. The molecule has 0 saturated carbocycles. The number of aliphatic hydroxyl groups excluding tert-OH is 3. The second-order valence-electron chi connectivity index (χ2n) is 5.32. The van der Waals surface area contributed by atoms with Crippen LogP contribution in [0.15, 0.2) is 0 Å². The smallest absolute Gasteiger partial charge is 0.349 e. The number of aliphatic carboxylic acids is 2. The Morgan fingerprint density at radius 2 is 1.04 bits per heavy atom. The van der Waals surface area contributed by atoms with Crippen molar-refractivity contribution in [3.8, 4) is 0 Å². The molecule has 0 saturated heterocycles. The third-order valence-corrected chi connectivity index (χ3v) is 3.06. The number of carboxylic acid groups (broad SMARTS) is 2. The van der Waals surface area contributed by atoms with Crippen LogP contribution in [0.3, 0.4) is 0 Å². The van der Waals surface area contributed by atoms with Gasteiger partial charge in [0.25, 0.3) is 0 Å². The summed E-state index contributed by atoms with van der Waals surface area (Å²) in [7, 11) is 0. The molecule has 0 aromatic carbocycles. The van der Waals surface area contributed by atoms with Crippen molar-refractivity contribution in [1.29, 1.82) is 10.8 Å². The molecule has 24 heavy (non-hydrogen) atoms. The maximum absolute atomic E-state index is 10.3. The van der Waals surface area contributed by atoms with Crippen LogP contribution in [-0.2, 0) is 9.59 Å². The quantitative estimate of drug-likeness (QED) is 0.165. The van der Waals surface area contributed by atoms with Gasteiger partial charge >= 0.3 is 11.9 Å². The number of nitrogens with one attached hydrogen (secondary N) is 2. The van der Waals surface area contributed by atoms with Crippen LogP contribution in [0, 0.1) is 10.8 Å². The van der Waals surface area contributed by atoms with Crippen LogP contribution >= 0.6 is 0 Å². The van der Waals surface area contributed by atoms with Crippen molar-refractivity contribution in [3.05, 3.63) is 0 Å². The largest absolute Gasteiger partial charge is 0.477 e. The van der Waals surface area contributed by atoms with Gasteiger partial charge in [0.2, 0.25) is 0 Å². The number of hydrogen-bond donors (Lipinski definition) is 8. The van der Waals surface area contributed by atoms with Gasteiger partial charge in [0, 0.05) is 0 Å². The van der Waals surface area contributed by atoms with Crippen LogP contribution in [-0.4, -0.2) is 74.3 Å². The van der Waals surface area contributed by atoms with Gasteiger partial charge in [0.1, 0.15) is 11.4 Å². The van der Waals surface area contributed by atoms with Crippen molar-refractivity contribution in [2.24, 2.45) is 5.73 Å². The summed E-state index contributed by atoms with van der Waals surface area (Å²) in [6, 6.07) is 0. The first-order valence-electron chi connectivity index (χ1n) is 7.36. The average molecular weight is 349 g/mol. The van der Waals surface area contributed by atoms with Gasteiger partial charge in [0.05, 0.1) is 25.4 Å². The van der Waals surface area contributed by atoms with Crippen LogP contribution in [0.4, 0.5) is 0 Å². The number of carboxylic acids is 2. The summed E-state index contributed by atoms with van der Waals surface area (Å²) in [5.74, 6) is -2.37. The molecule has 0 spiro atoms. The normalized spacial score (nSPS) is 10.5. The predicted octanol–water partition coefficient (Wildman–Crippen LogP) is -0.803. The molecule has 0 fully saturated rings. The number of rotatable bonds is 12. The highest BCUT2D eigenvalue weighted by Gasteiger charge is 2.20. The maximum Gasteiger partial charge on any atom is 0.349 e. The van der Waals surface area contributed by atoms with E-state index in [1.807, 2.05) is 0 Å². The van der Waals surface area contributed by atoms with Crippen LogP contribution in [0.25, 0.3) is 0 Å². The van der Waals surface area contributed by atoms with Crippen LogP contribution in [0.5, 0.6) is 0 Å². The van der Waals surface area contributed by atoms with E-state index in [2.05, 4.69) is 0 Å². The van der Waals surface area contributed by atoms with Crippen molar-refractivity contribution in [2.45, 2.75) is 44.1 Å². The number of unbranched alkanes of at least 4 members (excludes halogenated alkanes) is 3. The zero-order valence-electron chi connectivity index (χ0n) is 13.5. The minimum absolute atomic E-state index is 0.242. The van der Waals surface area contributed by atoms with Gasteiger partial charge in [-0.2, -0.15) is 0 Å². The Kier molecular flexibility index (Phi) is 13.8. The van der Waals surface area contributed by atoms with Crippen molar-refractivity contribution < 1.29 is 35.1 Å². The third-order valence-electron chi connectivity index (χ3n) is 3.06. The van der Waals surface area contributed by atoms with Gasteiger partial charge in [-0.1, -0.05) is 12.8 Å². The van der Waals surface area contributed by atoms with E-state index in [0.717, 1.165) is 12.8 Å². The van der Waals surface area contributed by atoms with Gasteiger partial charge < -0.3 is 31.3 Å². The summed E-state index contributed by atoms with van der Waals surface area (Å²) in [5.41, 5.74) is 3.35. The minimum Gasteiger partial charge on any atom is -0.477 e. The molecule has 0 rings (SSSR count). The Morgan fingerprint density at radius 1 is 0.750 bits per heavy atom. The maximum atomic E-state index is 10.3. The lowest BCUT2D eigenvalue weighted by atomic mass is 10.1. The van der Waals surface area contributed by atoms with Crippen LogP contribution < -0.4 is 5.73 Å². The molecule has 0 amide bonds. The predicted molar refractivity (Wildman–Crippen MR) is 86.6 cm³/mol. The number of nitrogens with two attached hydrogens (primary N) is 1. The first-order valence-corrected chi connectivity index (χ1v) is 7.36. The Morgan fingerprint density at radius 3 is 1.21 bits per heavy atom. The molecule has 0 aliphatic carbocycles. The van der Waals surface area contributed by atoms with Crippen LogP contribution in [0.2, 0.25) is 0 Å². The summed E-state index contributed by atoms with van der Waals surface area (Å²) in [5, 5.41) is 55.9. The molecular weight excluding hydrogens is 322 g/mol. The monoisotopic (exact) mass is 349 g/mol. The summed E-state index contributed by atoms with van der Waals surface area (Å²) in [6.07, 6.45) is 3.22. The first-order chi connectivity index (χ1) is 11.1. The van der Waals surface area contributed by atoms with Crippen molar-refractivity contribution in [1.82, 2.24) is 0 Å². The lowest BCUT2D eigenvalue weighted by Crippen LogP contribution is -2.50. The van der Waals surface area contributed by atoms with E-state index < -0.39 is 37.3 Å². The Labute approximate surface area is 139 Å². The number of hydrogen-bond acceptors (Lipinski definition) is 8. The average Bonchev–Trinajstić information content (AvgIpc) is 2.57. The fourth-order valence-electron chi connectivity index (χ4n) is 1.32. The molecule has 0 aliphatic heterocycles. The standard InChI is InChI=1S/C10H16N2O4.C4H11NO3/c11-7(9(13)14)5-3-1-2-4-6-8(12)10(15)16;5-4(1-6,2-7)3-8/h11-12H,1-6H2,(H,13,14)(H,15,16);6-8H,1-3,5H2. The Bertz CT molecular complexity index is 384. The van der Waals surface area contributed by atoms with E-state index in [4.69, 9.17) is 42.1 Å². The van der Waals surface area contributed by atoms with Crippen molar-refractivity contribution >= 4 is 23.4 Å². The van der Waals surface area contributed by atoms with E-state index >= 15 is 0 Å². The number of carbonyl (C=O) groups is 2. The molecule has 0 aliphatic rings. The minimum atomic E-state index is -1.21. The molecule has 0 radical (unpaired) electrons. The van der Waals surface area contributed by atoms with E-state index in [0.29, 0.717) is 12.8 Å². The Hall–Kier alpha value is -1.88.